The first-order valence-corrected chi connectivity index (χ1v) is 7.59. The predicted octanol–water partition coefficient (Wildman–Crippen LogP) is 1.62. The Labute approximate surface area is 115 Å². The Morgan fingerprint density at radius 1 is 1.72 bits per heavy atom. The number of aromatic nitrogens is 2. The smallest absolute Gasteiger partial charge is 0.325 e. The summed E-state index contributed by atoms with van der Waals surface area (Å²) in [6.07, 6.45) is 3.09. The number of hydrogen-bond acceptors (Lipinski definition) is 7. The van der Waals surface area contributed by atoms with Crippen LogP contribution in [-0.2, 0) is 16.0 Å². The highest BCUT2D eigenvalue weighted by Gasteiger charge is 2.43. The number of nitrogens with zero attached hydrogens (tertiary/aromatic N) is 2. The Morgan fingerprint density at radius 3 is 3.11 bits per heavy atom. The van der Waals surface area contributed by atoms with Gasteiger partial charge < -0.3 is 10.5 Å². The Balaban J connectivity index is 1.95. The van der Waals surface area contributed by atoms with Crippen LogP contribution in [-0.4, -0.2) is 33.2 Å². The lowest BCUT2D eigenvalue weighted by atomic mass is 10.00. The number of rotatable bonds is 4. The molecule has 1 aliphatic rings. The average Bonchev–Trinajstić information content (AvgIpc) is 2.96. The number of nitrogens with two attached hydrogens (primary N) is 1. The highest BCUT2D eigenvalue weighted by atomic mass is 32.2. The van der Waals surface area contributed by atoms with Gasteiger partial charge in [-0.25, -0.2) is 4.98 Å². The molecular weight excluding hydrogens is 270 g/mol. The third kappa shape index (κ3) is 2.84. The van der Waals surface area contributed by atoms with Crippen LogP contribution in [0.5, 0.6) is 0 Å². The van der Waals surface area contributed by atoms with Gasteiger partial charge in [-0.15, -0.1) is 0 Å². The van der Waals surface area contributed by atoms with E-state index in [4.69, 9.17) is 10.5 Å². The maximum Gasteiger partial charge on any atom is 0.325 e. The second-order valence-corrected chi connectivity index (χ2v) is 6.76. The molecule has 1 aliphatic carbocycles. The SMILES string of the molecule is CCc1nsc(SC2CCC(N)(C(=O)OC)C2)n1. The molecule has 2 N–H and O–H groups in total. The molecule has 1 aromatic heterocycles. The van der Waals surface area contributed by atoms with Crippen molar-refractivity contribution in [1.82, 2.24) is 9.36 Å². The minimum Gasteiger partial charge on any atom is -0.468 e. The zero-order valence-electron chi connectivity index (χ0n) is 10.5. The van der Waals surface area contributed by atoms with Crippen LogP contribution in [0.2, 0.25) is 0 Å². The molecule has 2 rings (SSSR count). The number of esters is 1. The number of carbonyl (C=O) groups is 1. The van der Waals surface area contributed by atoms with Gasteiger partial charge in [0.1, 0.15) is 11.4 Å². The summed E-state index contributed by atoms with van der Waals surface area (Å²) in [6.45, 7) is 2.04. The quantitative estimate of drug-likeness (QED) is 0.848. The third-order valence-corrected chi connectivity index (χ3v) is 5.22. The van der Waals surface area contributed by atoms with Crippen LogP contribution in [0.25, 0.3) is 0 Å². The monoisotopic (exact) mass is 287 g/mol. The van der Waals surface area contributed by atoms with E-state index in [9.17, 15) is 4.79 Å². The van der Waals surface area contributed by atoms with Crippen molar-refractivity contribution in [2.24, 2.45) is 5.73 Å². The first-order chi connectivity index (χ1) is 8.57. The van der Waals surface area contributed by atoms with E-state index in [1.54, 1.807) is 11.8 Å². The van der Waals surface area contributed by atoms with E-state index in [2.05, 4.69) is 9.36 Å². The van der Waals surface area contributed by atoms with E-state index in [1.807, 2.05) is 6.92 Å². The molecule has 5 nitrogen and oxygen atoms in total. The molecule has 1 saturated carbocycles. The van der Waals surface area contributed by atoms with Crippen molar-refractivity contribution in [2.75, 3.05) is 7.11 Å². The number of thioether (sulfide) groups is 1. The van der Waals surface area contributed by atoms with Gasteiger partial charge in [0.25, 0.3) is 0 Å². The highest BCUT2D eigenvalue weighted by Crippen LogP contribution is 2.40. The fourth-order valence-corrected chi connectivity index (χ4v) is 4.34. The van der Waals surface area contributed by atoms with Crippen molar-refractivity contribution in [1.29, 1.82) is 0 Å². The van der Waals surface area contributed by atoms with Crippen LogP contribution in [0.15, 0.2) is 4.34 Å². The first-order valence-electron chi connectivity index (χ1n) is 5.94. The van der Waals surface area contributed by atoms with Crippen LogP contribution in [0.4, 0.5) is 0 Å². The molecule has 0 amide bonds. The molecule has 0 saturated heterocycles. The van der Waals surface area contributed by atoms with Crippen LogP contribution in [0, 0.1) is 0 Å². The van der Waals surface area contributed by atoms with Gasteiger partial charge in [-0.05, 0) is 30.8 Å². The molecule has 7 heteroatoms. The summed E-state index contributed by atoms with van der Waals surface area (Å²) in [4.78, 5) is 16.0. The summed E-state index contributed by atoms with van der Waals surface area (Å²) in [5.41, 5.74) is 5.25. The molecule has 2 atom stereocenters. The molecule has 0 aromatic carbocycles. The normalized spacial score (nSPS) is 27.4. The van der Waals surface area contributed by atoms with Crippen LogP contribution < -0.4 is 5.73 Å². The minimum atomic E-state index is -0.815. The molecule has 0 spiro atoms. The zero-order chi connectivity index (χ0) is 13.2. The van der Waals surface area contributed by atoms with Gasteiger partial charge in [0.05, 0.1) is 7.11 Å². The Hall–Kier alpha value is -0.660. The van der Waals surface area contributed by atoms with E-state index < -0.39 is 5.54 Å². The maximum absolute atomic E-state index is 11.6. The summed E-state index contributed by atoms with van der Waals surface area (Å²) < 4.78 is 9.97. The largest absolute Gasteiger partial charge is 0.468 e. The number of carbonyl (C=O) groups excluding carboxylic acids is 1. The number of ether oxygens (including phenoxy) is 1. The molecule has 0 aliphatic heterocycles. The lowest BCUT2D eigenvalue weighted by molar-refractivity contribution is -0.146. The van der Waals surface area contributed by atoms with Gasteiger partial charge in [0.2, 0.25) is 0 Å². The topological polar surface area (TPSA) is 78.1 Å². The van der Waals surface area contributed by atoms with Crippen molar-refractivity contribution < 1.29 is 9.53 Å². The molecule has 1 aromatic rings. The zero-order valence-corrected chi connectivity index (χ0v) is 12.1. The second-order valence-electron chi connectivity index (χ2n) is 4.46. The third-order valence-electron chi connectivity index (χ3n) is 3.13. The lowest BCUT2D eigenvalue weighted by Crippen LogP contribution is -2.46. The lowest BCUT2D eigenvalue weighted by Gasteiger charge is -2.20. The molecule has 0 bridgehead atoms. The maximum atomic E-state index is 11.6. The predicted molar refractivity (Wildman–Crippen MR) is 71.7 cm³/mol. The summed E-state index contributed by atoms with van der Waals surface area (Å²) in [7, 11) is 1.38. The van der Waals surface area contributed by atoms with E-state index in [0.717, 1.165) is 23.0 Å². The number of aryl methyl sites for hydroxylation is 1. The van der Waals surface area contributed by atoms with Crippen molar-refractivity contribution in [3.8, 4) is 0 Å². The van der Waals surface area contributed by atoms with E-state index in [0.29, 0.717) is 18.1 Å². The van der Waals surface area contributed by atoms with Crippen LogP contribution in [0.3, 0.4) is 0 Å². The molecule has 0 radical (unpaired) electrons. The summed E-state index contributed by atoms with van der Waals surface area (Å²) in [6, 6.07) is 0. The van der Waals surface area contributed by atoms with Gasteiger partial charge in [0, 0.05) is 11.7 Å². The van der Waals surface area contributed by atoms with Crippen molar-refractivity contribution in [3.63, 3.8) is 0 Å². The number of methoxy groups -OCH3 is 1. The Morgan fingerprint density at radius 2 is 2.50 bits per heavy atom. The van der Waals surface area contributed by atoms with E-state index >= 15 is 0 Å². The van der Waals surface area contributed by atoms with Crippen LogP contribution >= 0.6 is 23.3 Å². The van der Waals surface area contributed by atoms with E-state index in [-0.39, 0.29) is 5.97 Å². The molecule has 1 heterocycles. The fourth-order valence-electron chi connectivity index (χ4n) is 2.09. The summed E-state index contributed by atoms with van der Waals surface area (Å²) in [5, 5.41) is 0.326. The average molecular weight is 287 g/mol. The summed E-state index contributed by atoms with van der Waals surface area (Å²) >= 11 is 3.09. The van der Waals surface area contributed by atoms with Gasteiger partial charge in [0.15, 0.2) is 4.34 Å². The Bertz CT molecular complexity index is 438. The Kier molecular flexibility index (Phi) is 4.24. The van der Waals surface area contributed by atoms with Gasteiger partial charge in [-0.3, -0.25) is 4.79 Å². The van der Waals surface area contributed by atoms with Crippen molar-refractivity contribution in [3.05, 3.63) is 5.82 Å². The minimum absolute atomic E-state index is 0.308. The van der Waals surface area contributed by atoms with Gasteiger partial charge in [-0.2, -0.15) is 4.37 Å². The van der Waals surface area contributed by atoms with Crippen molar-refractivity contribution in [2.45, 2.75) is 47.7 Å². The molecule has 18 heavy (non-hydrogen) atoms. The van der Waals surface area contributed by atoms with Gasteiger partial charge >= 0.3 is 5.97 Å². The number of hydrogen-bond donors (Lipinski definition) is 1. The fraction of sp³-hybridized carbons (Fsp3) is 0.727. The van der Waals surface area contributed by atoms with Gasteiger partial charge in [-0.1, -0.05) is 18.7 Å². The second kappa shape index (κ2) is 5.54. The molecule has 1 fully saturated rings. The van der Waals surface area contributed by atoms with E-state index in [1.165, 1.54) is 18.6 Å². The molecule has 100 valence electrons. The molecule has 2 unspecified atom stereocenters. The van der Waals surface area contributed by atoms with Crippen molar-refractivity contribution >= 4 is 29.3 Å². The first kappa shape index (κ1) is 13.8. The molecular formula is C11H17N3O2S2. The summed E-state index contributed by atoms with van der Waals surface area (Å²) in [5.74, 6) is 0.574. The highest BCUT2D eigenvalue weighted by molar-refractivity contribution is 8.01. The van der Waals surface area contributed by atoms with Crippen LogP contribution in [0.1, 0.15) is 32.0 Å². The standard InChI is InChI=1S/C11H17N3O2S2/c1-3-8-13-10(18-14-8)17-7-4-5-11(12,6-7)9(15)16-2/h7H,3-6,12H2,1-2H3.